The van der Waals surface area contributed by atoms with E-state index in [4.69, 9.17) is 4.42 Å². The Labute approximate surface area is 207 Å². The number of amides is 2. The lowest BCUT2D eigenvalue weighted by molar-refractivity contribution is -0.137. The number of anilines is 2. The number of carbonyl (C=O) groups excluding carboxylic acids is 2. The summed E-state index contributed by atoms with van der Waals surface area (Å²) in [5.41, 5.74) is 0.189. The molecule has 0 unspecified atom stereocenters. The molecule has 1 aromatic heterocycles. The fraction of sp³-hybridized carbons (Fsp3) is 0.154. The van der Waals surface area contributed by atoms with Crippen LogP contribution in [0.2, 0.25) is 0 Å². The number of hydrogen-bond acceptors (Lipinski definition) is 6. The number of carboxylic acid groups (broad SMARTS) is 1. The van der Waals surface area contributed by atoms with E-state index in [-0.39, 0.29) is 39.4 Å². The first-order valence-electron chi connectivity index (χ1n) is 11.2. The number of halogens is 3. The van der Waals surface area contributed by atoms with Crippen LogP contribution in [0.15, 0.2) is 59.0 Å². The van der Waals surface area contributed by atoms with Crippen molar-refractivity contribution >= 4 is 40.3 Å². The van der Waals surface area contributed by atoms with Gasteiger partial charge >= 0.3 is 12.1 Å². The van der Waals surface area contributed by atoms with Crippen LogP contribution < -0.4 is 10.2 Å². The van der Waals surface area contributed by atoms with E-state index in [1.54, 1.807) is 6.07 Å². The Bertz CT molecular complexity index is 1590. The van der Waals surface area contributed by atoms with Gasteiger partial charge in [-0.3, -0.25) is 9.59 Å². The Morgan fingerprint density at radius 3 is 2.46 bits per heavy atom. The lowest BCUT2D eigenvalue weighted by Crippen LogP contribution is -2.29. The van der Waals surface area contributed by atoms with Crippen molar-refractivity contribution in [1.29, 1.82) is 0 Å². The molecule has 5 rings (SSSR count). The number of carboxylic acids is 1. The standard InChI is InChI=1S/C26H18F3N3O5/c1-2-9-30-19-7-5-15(32-23(33)16-6-3-13(25(35)36)10-17(16)24(32)34)12-18(19)22-31-20-11-14(26(27,28)29)4-8-21(20)37-22/h3-8,10-12,30H,2,9H2,1H3,(H,35,36). The van der Waals surface area contributed by atoms with Gasteiger partial charge in [-0.1, -0.05) is 6.92 Å². The number of nitrogens with one attached hydrogen (secondary N) is 1. The predicted molar refractivity (Wildman–Crippen MR) is 128 cm³/mol. The van der Waals surface area contributed by atoms with E-state index in [9.17, 15) is 32.7 Å². The van der Waals surface area contributed by atoms with Crippen molar-refractivity contribution in [2.75, 3.05) is 16.8 Å². The van der Waals surface area contributed by atoms with Gasteiger partial charge in [0, 0.05) is 12.2 Å². The maximum atomic E-state index is 13.2. The molecule has 0 saturated heterocycles. The molecule has 0 aliphatic carbocycles. The van der Waals surface area contributed by atoms with Crippen molar-refractivity contribution in [1.82, 2.24) is 4.98 Å². The Kier molecular flexibility index (Phi) is 5.70. The number of aromatic carboxylic acids is 1. The highest BCUT2D eigenvalue weighted by Crippen LogP contribution is 2.38. The summed E-state index contributed by atoms with van der Waals surface area (Å²) in [6, 6.07) is 11.3. The van der Waals surface area contributed by atoms with Crippen molar-refractivity contribution in [3.63, 3.8) is 0 Å². The fourth-order valence-corrected chi connectivity index (χ4v) is 4.09. The number of alkyl halides is 3. The first kappa shape index (κ1) is 24.0. The quantitative estimate of drug-likeness (QED) is 0.314. The van der Waals surface area contributed by atoms with Gasteiger partial charge in [-0.25, -0.2) is 14.7 Å². The van der Waals surface area contributed by atoms with Crippen molar-refractivity contribution in [3.8, 4) is 11.5 Å². The second kappa shape index (κ2) is 8.77. The summed E-state index contributed by atoms with van der Waals surface area (Å²) in [7, 11) is 0. The summed E-state index contributed by atoms with van der Waals surface area (Å²) in [5.74, 6) is -2.57. The van der Waals surface area contributed by atoms with Crippen LogP contribution in [-0.4, -0.2) is 34.4 Å². The lowest BCUT2D eigenvalue weighted by Gasteiger charge is -2.17. The Morgan fingerprint density at radius 1 is 1.00 bits per heavy atom. The molecule has 0 fully saturated rings. The molecule has 8 nitrogen and oxygen atoms in total. The summed E-state index contributed by atoms with van der Waals surface area (Å²) in [4.78, 5) is 42.6. The van der Waals surface area contributed by atoms with Gasteiger partial charge in [0.05, 0.1) is 33.5 Å². The van der Waals surface area contributed by atoms with Crippen LogP contribution >= 0.6 is 0 Å². The van der Waals surface area contributed by atoms with Gasteiger partial charge in [-0.2, -0.15) is 13.2 Å². The van der Waals surface area contributed by atoms with Gasteiger partial charge in [-0.15, -0.1) is 0 Å². The zero-order valence-corrected chi connectivity index (χ0v) is 19.2. The van der Waals surface area contributed by atoms with Gasteiger partial charge in [-0.05, 0) is 61.0 Å². The fourth-order valence-electron chi connectivity index (χ4n) is 4.09. The van der Waals surface area contributed by atoms with Crippen LogP contribution in [0.3, 0.4) is 0 Å². The third-order valence-electron chi connectivity index (χ3n) is 5.91. The zero-order valence-electron chi connectivity index (χ0n) is 19.2. The summed E-state index contributed by atoms with van der Waals surface area (Å²) < 4.78 is 45.2. The van der Waals surface area contributed by atoms with Gasteiger partial charge in [0.25, 0.3) is 11.8 Å². The van der Waals surface area contributed by atoms with E-state index in [1.807, 2.05) is 6.92 Å². The van der Waals surface area contributed by atoms with E-state index < -0.39 is 29.5 Å². The number of imide groups is 1. The molecular weight excluding hydrogens is 491 g/mol. The summed E-state index contributed by atoms with van der Waals surface area (Å²) in [6.45, 7) is 2.51. The van der Waals surface area contributed by atoms with E-state index in [0.717, 1.165) is 29.5 Å². The monoisotopic (exact) mass is 509 g/mol. The maximum Gasteiger partial charge on any atom is 0.416 e. The number of hydrogen-bond donors (Lipinski definition) is 2. The van der Waals surface area contributed by atoms with Crippen LogP contribution in [0.4, 0.5) is 24.5 Å². The van der Waals surface area contributed by atoms with Gasteiger partial charge in [0.1, 0.15) is 5.52 Å². The molecule has 2 amide bonds. The molecule has 0 bridgehead atoms. The molecule has 1 aliphatic heterocycles. The number of nitrogens with zero attached hydrogens (tertiary/aromatic N) is 2. The topological polar surface area (TPSA) is 113 Å². The minimum Gasteiger partial charge on any atom is -0.478 e. The Balaban J connectivity index is 1.60. The average Bonchev–Trinajstić information content (AvgIpc) is 3.40. The number of aromatic nitrogens is 1. The molecule has 0 saturated carbocycles. The van der Waals surface area contributed by atoms with Crippen molar-refractivity contribution < 1.29 is 37.1 Å². The minimum atomic E-state index is -4.55. The summed E-state index contributed by atoms with van der Waals surface area (Å²) >= 11 is 0. The minimum absolute atomic E-state index is 0.000417. The largest absolute Gasteiger partial charge is 0.478 e. The maximum absolute atomic E-state index is 13.2. The molecular formula is C26H18F3N3O5. The molecule has 4 aromatic rings. The Hall–Kier alpha value is -4.67. The molecule has 188 valence electrons. The highest BCUT2D eigenvalue weighted by Gasteiger charge is 2.38. The van der Waals surface area contributed by atoms with E-state index in [2.05, 4.69) is 10.3 Å². The second-order valence-electron chi connectivity index (χ2n) is 8.37. The van der Waals surface area contributed by atoms with Gasteiger partial charge in [0.2, 0.25) is 5.89 Å². The molecule has 2 heterocycles. The summed E-state index contributed by atoms with van der Waals surface area (Å²) in [6.07, 6.45) is -3.78. The average molecular weight is 509 g/mol. The van der Waals surface area contributed by atoms with Crippen LogP contribution in [0.25, 0.3) is 22.6 Å². The van der Waals surface area contributed by atoms with Gasteiger partial charge in [0.15, 0.2) is 5.58 Å². The predicted octanol–water partition coefficient (Wildman–Crippen LogP) is 5.83. The van der Waals surface area contributed by atoms with Crippen LogP contribution in [0.1, 0.15) is 50.0 Å². The summed E-state index contributed by atoms with van der Waals surface area (Å²) in [5, 5.41) is 12.4. The SMILES string of the molecule is CCCNc1ccc(N2C(=O)c3ccc(C(=O)O)cc3C2=O)cc1-c1nc2cc(C(F)(F)F)ccc2o1. The molecule has 0 spiro atoms. The second-order valence-corrected chi connectivity index (χ2v) is 8.37. The normalized spacial score (nSPS) is 13.4. The van der Waals surface area contributed by atoms with E-state index in [1.165, 1.54) is 30.3 Å². The number of fused-ring (bicyclic) bond motifs is 2. The van der Waals surface area contributed by atoms with Gasteiger partial charge < -0.3 is 14.8 Å². The van der Waals surface area contributed by atoms with E-state index >= 15 is 0 Å². The van der Waals surface area contributed by atoms with Crippen molar-refractivity contribution in [3.05, 3.63) is 76.9 Å². The molecule has 0 atom stereocenters. The van der Waals surface area contributed by atoms with Crippen molar-refractivity contribution in [2.24, 2.45) is 0 Å². The highest BCUT2D eigenvalue weighted by molar-refractivity contribution is 6.34. The smallest absolute Gasteiger partial charge is 0.416 e. The van der Waals surface area contributed by atoms with E-state index in [0.29, 0.717) is 17.8 Å². The third-order valence-corrected chi connectivity index (χ3v) is 5.91. The number of oxazole rings is 1. The molecule has 3 aromatic carbocycles. The number of rotatable bonds is 6. The zero-order chi connectivity index (χ0) is 26.5. The first-order valence-corrected chi connectivity index (χ1v) is 11.2. The number of carbonyl (C=O) groups is 3. The molecule has 2 N–H and O–H groups in total. The number of benzene rings is 3. The molecule has 37 heavy (non-hydrogen) atoms. The first-order chi connectivity index (χ1) is 17.6. The molecule has 1 aliphatic rings. The van der Waals surface area contributed by atoms with Crippen LogP contribution in [0.5, 0.6) is 0 Å². The lowest BCUT2D eigenvalue weighted by atomic mass is 10.1. The van der Waals surface area contributed by atoms with Crippen molar-refractivity contribution in [2.45, 2.75) is 19.5 Å². The Morgan fingerprint density at radius 2 is 1.76 bits per heavy atom. The molecule has 11 heteroatoms. The van der Waals surface area contributed by atoms with Crippen LogP contribution in [-0.2, 0) is 6.18 Å². The van der Waals surface area contributed by atoms with Crippen LogP contribution in [0, 0.1) is 0 Å². The third kappa shape index (κ3) is 4.18. The highest BCUT2D eigenvalue weighted by atomic mass is 19.4. The molecule has 0 radical (unpaired) electrons.